The average molecular weight is 857 g/mol. The number of benzene rings is 10. The molecule has 3 nitrogen and oxygen atoms in total. The number of fused-ring (bicyclic) bond motifs is 7. The average Bonchev–Trinajstić information content (AvgIpc) is 3.95. The van der Waals surface area contributed by atoms with Crippen LogP contribution < -0.4 is 4.90 Å². The van der Waals surface area contributed by atoms with Crippen molar-refractivity contribution in [2.75, 3.05) is 4.90 Å². The van der Waals surface area contributed by atoms with Gasteiger partial charge in [-0.25, -0.2) is 0 Å². The van der Waals surface area contributed by atoms with Gasteiger partial charge in [-0.1, -0.05) is 182 Å². The van der Waals surface area contributed by atoms with Gasteiger partial charge in [0.05, 0.1) is 16.7 Å². The van der Waals surface area contributed by atoms with Gasteiger partial charge in [0, 0.05) is 49.7 Å². The molecule has 10 aromatic carbocycles. The first kappa shape index (κ1) is 38.8. The number of hydrogen-bond donors (Lipinski definition) is 0. The molecule has 0 saturated carbocycles. The van der Waals surface area contributed by atoms with Gasteiger partial charge < -0.3 is 13.9 Å². The van der Waals surface area contributed by atoms with E-state index in [1.165, 1.54) is 71.7 Å². The van der Waals surface area contributed by atoms with E-state index in [0.717, 1.165) is 63.0 Å². The topological polar surface area (TPSA) is 21.3 Å². The molecule has 0 unspecified atom stereocenters. The summed E-state index contributed by atoms with van der Waals surface area (Å²) in [7, 11) is 0. The zero-order valence-corrected chi connectivity index (χ0v) is 36.8. The summed E-state index contributed by atoms with van der Waals surface area (Å²) in [6.45, 7) is 0. The number of anilines is 3. The van der Waals surface area contributed by atoms with Crippen LogP contribution in [0, 0.1) is 0 Å². The second-order valence-electron chi connectivity index (χ2n) is 17.6. The minimum absolute atomic E-state index is 0.907. The molecule has 3 heteroatoms. The minimum Gasteiger partial charge on any atom is -0.455 e. The van der Waals surface area contributed by atoms with E-state index in [4.69, 9.17) is 4.42 Å². The third kappa shape index (κ3) is 6.66. The van der Waals surface area contributed by atoms with Gasteiger partial charge in [0.15, 0.2) is 0 Å². The Morgan fingerprint density at radius 3 is 1.51 bits per heavy atom. The number of furan rings is 1. The monoisotopic (exact) mass is 856 g/mol. The predicted molar refractivity (Wildman–Crippen MR) is 283 cm³/mol. The number of nitrogens with zero attached hydrogens (tertiary/aromatic N) is 2. The molecule has 67 heavy (non-hydrogen) atoms. The molecule has 2 heterocycles. The van der Waals surface area contributed by atoms with E-state index in [0.29, 0.717) is 0 Å². The molecule has 0 radical (unpaired) electrons. The Labute approximate surface area is 389 Å². The highest BCUT2D eigenvalue weighted by Gasteiger charge is 2.20. The highest BCUT2D eigenvalue weighted by molar-refractivity contribution is 6.11. The molecule has 0 bridgehead atoms. The SMILES string of the molecule is C1=C(c2ccc(N(c3ccc(-c4cccc5ccccc45)cc3)c3ccc(-c4cccc5c4oc4ccccc45)cc3)cc2)CCC(c2ccccc2-n2c3ccccc3c3ccccc32)=C1. The molecule has 1 aliphatic carbocycles. The van der Waals surface area contributed by atoms with E-state index in [2.05, 4.69) is 240 Å². The lowest BCUT2D eigenvalue weighted by Gasteiger charge is -2.26. The molecular weight excluding hydrogens is 813 g/mol. The van der Waals surface area contributed by atoms with Crippen LogP contribution in [-0.4, -0.2) is 4.57 Å². The fourth-order valence-corrected chi connectivity index (χ4v) is 10.5. The fraction of sp³-hybridized carbons (Fsp3) is 0.0312. The van der Waals surface area contributed by atoms with Gasteiger partial charge in [-0.15, -0.1) is 0 Å². The maximum absolute atomic E-state index is 6.45. The van der Waals surface area contributed by atoms with Crippen molar-refractivity contribution in [3.8, 4) is 27.9 Å². The summed E-state index contributed by atoms with van der Waals surface area (Å²) in [5, 5.41) is 7.33. The normalized spacial score (nSPS) is 12.8. The van der Waals surface area contributed by atoms with Crippen LogP contribution in [0.2, 0.25) is 0 Å². The van der Waals surface area contributed by atoms with Crippen LogP contribution in [0.15, 0.2) is 247 Å². The molecule has 0 atom stereocenters. The summed E-state index contributed by atoms with van der Waals surface area (Å²) in [4.78, 5) is 2.36. The number of hydrogen-bond acceptors (Lipinski definition) is 2. The second-order valence-corrected chi connectivity index (χ2v) is 17.6. The lowest BCUT2D eigenvalue weighted by Crippen LogP contribution is -2.10. The molecule has 0 amide bonds. The molecule has 0 fully saturated rings. The maximum atomic E-state index is 6.45. The van der Waals surface area contributed by atoms with Crippen LogP contribution in [0.4, 0.5) is 17.1 Å². The predicted octanol–water partition coefficient (Wildman–Crippen LogP) is 17.9. The quantitative estimate of drug-likeness (QED) is 0.152. The zero-order chi connectivity index (χ0) is 44.3. The Balaban J connectivity index is 0.849. The molecule has 2 aromatic heterocycles. The molecule has 0 spiro atoms. The molecular formula is C64H44N2O. The minimum atomic E-state index is 0.907. The summed E-state index contributed by atoms with van der Waals surface area (Å²) in [6.07, 6.45) is 6.61. The Morgan fingerprint density at radius 2 is 0.821 bits per heavy atom. The van der Waals surface area contributed by atoms with Crippen LogP contribution in [0.5, 0.6) is 0 Å². The van der Waals surface area contributed by atoms with Gasteiger partial charge >= 0.3 is 0 Å². The van der Waals surface area contributed by atoms with Gasteiger partial charge in [0.25, 0.3) is 0 Å². The van der Waals surface area contributed by atoms with Crippen molar-refractivity contribution in [1.29, 1.82) is 0 Å². The number of allylic oxidation sites excluding steroid dienone is 4. The number of aromatic nitrogens is 1. The van der Waals surface area contributed by atoms with Crippen LogP contribution in [-0.2, 0) is 0 Å². The number of para-hydroxylation sites is 5. The molecule has 316 valence electrons. The van der Waals surface area contributed by atoms with Crippen LogP contribution >= 0.6 is 0 Å². The Morgan fingerprint density at radius 1 is 0.343 bits per heavy atom. The standard InChI is InChI=1S/C64H44N2O/c1-2-15-52-45(13-1)14-11-20-53(52)46-33-39-50(40-34-46)65(51-41-35-48(36-42-51)55-21-12-22-59-58-19-6-10-26-63(58)67-64(55)59)49-37-31-44(32-38-49)43-27-29-47(30-28-43)54-16-3-7-23-60(54)66-61-24-8-4-17-56(61)57-18-5-9-25-62(57)66/h1-27,29,31-42H,28,30H2. The smallest absolute Gasteiger partial charge is 0.143 e. The van der Waals surface area contributed by atoms with Crippen LogP contribution in [0.25, 0.3) is 93.6 Å². The van der Waals surface area contributed by atoms with Gasteiger partial charge in [0.1, 0.15) is 11.2 Å². The van der Waals surface area contributed by atoms with Crippen molar-refractivity contribution in [3.05, 3.63) is 254 Å². The summed E-state index contributed by atoms with van der Waals surface area (Å²) in [5.41, 5.74) is 18.6. The fourth-order valence-electron chi connectivity index (χ4n) is 10.5. The van der Waals surface area contributed by atoms with E-state index < -0.39 is 0 Å². The summed E-state index contributed by atoms with van der Waals surface area (Å²) < 4.78 is 8.89. The van der Waals surface area contributed by atoms with Crippen molar-refractivity contribution >= 4 is 82.7 Å². The maximum Gasteiger partial charge on any atom is 0.143 e. The van der Waals surface area contributed by atoms with Crippen LogP contribution in [0.3, 0.4) is 0 Å². The highest BCUT2D eigenvalue weighted by Crippen LogP contribution is 2.42. The van der Waals surface area contributed by atoms with Gasteiger partial charge in [-0.05, 0) is 118 Å². The van der Waals surface area contributed by atoms with Crippen molar-refractivity contribution in [1.82, 2.24) is 4.57 Å². The summed E-state index contributed by atoms with van der Waals surface area (Å²) >= 11 is 0. The first-order chi connectivity index (χ1) is 33.2. The summed E-state index contributed by atoms with van der Waals surface area (Å²) in [6, 6.07) is 83.3. The number of rotatable bonds is 8. The van der Waals surface area contributed by atoms with Gasteiger partial charge in [0.2, 0.25) is 0 Å². The lowest BCUT2D eigenvalue weighted by atomic mass is 9.89. The van der Waals surface area contributed by atoms with E-state index in [-0.39, 0.29) is 0 Å². The van der Waals surface area contributed by atoms with E-state index in [1.807, 2.05) is 12.1 Å². The molecule has 0 aliphatic heterocycles. The van der Waals surface area contributed by atoms with Gasteiger partial charge in [-0.3, -0.25) is 0 Å². The Bertz CT molecular complexity index is 3840. The third-order valence-electron chi connectivity index (χ3n) is 13.8. The molecule has 13 rings (SSSR count). The van der Waals surface area contributed by atoms with E-state index in [9.17, 15) is 0 Å². The highest BCUT2D eigenvalue weighted by atomic mass is 16.3. The van der Waals surface area contributed by atoms with E-state index in [1.54, 1.807) is 0 Å². The first-order valence-corrected chi connectivity index (χ1v) is 23.2. The largest absolute Gasteiger partial charge is 0.455 e. The first-order valence-electron chi connectivity index (χ1n) is 23.2. The zero-order valence-electron chi connectivity index (χ0n) is 36.8. The molecule has 0 saturated heterocycles. The third-order valence-corrected chi connectivity index (χ3v) is 13.8. The summed E-state index contributed by atoms with van der Waals surface area (Å²) in [5.74, 6) is 0. The van der Waals surface area contributed by atoms with Crippen molar-refractivity contribution in [3.63, 3.8) is 0 Å². The molecule has 12 aromatic rings. The Hall–Kier alpha value is -8.66. The molecule has 1 aliphatic rings. The lowest BCUT2D eigenvalue weighted by molar-refractivity contribution is 0.670. The van der Waals surface area contributed by atoms with Crippen LogP contribution in [0.1, 0.15) is 24.0 Å². The van der Waals surface area contributed by atoms with Crippen molar-refractivity contribution < 1.29 is 4.42 Å². The van der Waals surface area contributed by atoms with Crippen molar-refractivity contribution in [2.45, 2.75) is 12.8 Å². The van der Waals surface area contributed by atoms with Gasteiger partial charge in [-0.2, -0.15) is 0 Å². The van der Waals surface area contributed by atoms with Crippen molar-refractivity contribution in [2.24, 2.45) is 0 Å². The molecule has 0 N–H and O–H groups in total. The Kier molecular flexibility index (Phi) is 9.31. The van der Waals surface area contributed by atoms with E-state index >= 15 is 0 Å². The second kappa shape index (κ2) is 16.1.